The van der Waals surface area contributed by atoms with Crippen LogP contribution in [0, 0.1) is 22.7 Å². The fourth-order valence-corrected chi connectivity index (χ4v) is 3.90. The Kier molecular flexibility index (Phi) is 4.37. The Morgan fingerprint density at radius 1 is 1.41 bits per heavy atom. The lowest BCUT2D eigenvalue weighted by Gasteiger charge is -2.59. The van der Waals surface area contributed by atoms with Crippen molar-refractivity contribution >= 4 is 6.09 Å². The van der Waals surface area contributed by atoms with Gasteiger partial charge in [-0.2, -0.15) is 0 Å². The van der Waals surface area contributed by atoms with Gasteiger partial charge in [-0.25, -0.2) is 4.79 Å². The van der Waals surface area contributed by atoms with E-state index < -0.39 is 5.60 Å². The van der Waals surface area contributed by atoms with Gasteiger partial charge in [0, 0.05) is 18.5 Å². The molecule has 0 aromatic heterocycles. The third-order valence-corrected chi connectivity index (χ3v) is 5.64. The van der Waals surface area contributed by atoms with Gasteiger partial charge in [-0.15, -0.1) is 0 Å². The van der Waals surface area contributed by atoms with Crippen molar-refractivity contribution in [1.29, 1.82) is 0 Å². The maximum Gasteiger partial charge on any atom is 0.407 e. The van der Waals surface area contributed by atoms with E-state index >= 15 is 0 Å². The molecule has 0 radical (unpaired) electrons. The molecule has 3 atom stereocenters. The van der Waals surface area contributed by atoms with Crippen LogP contribution < -0.4 is 11.1 Å². The van der Waals surface area contributed by atoms with Crippen LogP contribution in [0.15, 0.2) is 11.6 Å². The van der Waals surface area contributed by atoms with E-state index in [0.29, 0.717) is 24.4 Å². The normalized spacial score (nSPS) is 29.0. The smallest absolute Gasteiger partial charge is 0.407 e. The first-order valence-corrected chi connectivity index (χ1v) is 8.37. The largest absolute Gasteiger partial charge is 0.444 e. The summed E-state index contributed by atoms with van der Waals surface area (Å²) in [6.07, 6.45) is 4.41. The zero-order valence-electron chi connectivity index (χ0n) is 15.0. The van der Waals surface area contributed by atoms with E-state index in [1.807, 2.05) is 20.8 Å². The zero-order chi connectivity index (χ0) is 16.8. The minimum atomic E-state index is -0.476. The summed E-state index contributed by atoms with van der Waals surface area (Å²) in [7, 11) is 0. The SMILES string of the molecule is CC(C)(C)OC(=O)NCC(C)(CN)C1=CCC2CC1C2(C)C. The number of hydrogen-bond acceptors (Lipinski definition) is 3. The molecule has 4 heteroatoms. The number of fused-ring (bicyclic) bond motifs is 1. The molecule has 1 fully saturated rings. The van der Waals surface area contributed by atoms with E-state index in [1.165, 1.54) is 12.0 Å². The third kappa shape index (κ3) is 3.17. The Balaban J connectivity index is 2.04. The van der Waals surface area contributed by atoms with Crippen LogP contribution >= 0.6 is 0 Å². The van der Waals surface area contributed by atoms with Crippen LogP contribution in [0.2, 0.25) is 0 Å². The Hall–Kier alpha value is -1.03. The molecule has 22 heavy (non-hydrogen) atoms. The Labute approximate surface area is 134 Å². The molecule has 3 unspecified atom stereocenters. The molecule has 0 spiro atoms. The first-order valence-electron chi connectivity index (χ1n) is 8.37. The molecule has 2 bridgehead atoms. The van der Waals surface area contributed by atoms with Gasteiger partial charge >= 0.3 is 6.09 Å². The van der Waals surface area contributed by atoms with Crippen molar-refractivity contribution in [1.82, 2.24) is 5.32 Å². The number of hydrogen-bond donors (Lipinski definition) is 2. The maximum absolute atomic E-state index is 11.9. The van der Waals surface area contributed by atoms with Gasteiger partial charge in [-0.1, -0.05) is 32.4 Å². The summed E-state index contributed by atoms with van der Waals surface area (Å²) in [4.78, 5) is 11.9. The van der Waals surface area contributed by atoms with Crippen LogP contribution in [0.25, 0.3) is 0 Å². The van der Waals surface area contributed by atoms with Gasteiger partial charge < -0.3 is 15.8 Å². The highest BCUT2D eigenvalue weighted by Crippen LogP contribution is 2.62. The topological polar surface area (TPSA) is 64.3 Å². The predicted molar refractivity (Wildman–Crippen MR) is 89.5 cm³/mol. The van der Waals surface area contributed by atoms with Gasteiger partial charge in [0.05, 0.1) is 0 Å². The van der Waals surface area contributed by atoms with Crippen LogP contribution in [0.1, 0.15) is 54.4 Å². The Morgan fingerprint density at radius 3 is 2.50 bits per heavy atom. The average molecular weight is 308 g/mol. The number of amides is 1. The molecule has 3 rings (SSSR count). The lowest BCUT2D eigenvalue weighted by atomic mass is 9.46. The first-order chi connectivity index (χ1) is 9.99. The van der Waals surface area contributed by atoms with Crippen LogP contribution in [-0.4, -0.2) is 24.8 Å². The zero-order valence-corrected chi connectivity index (χ0v) is 15.0. The molecular weight excluding hydrogens is 276 g/mol. The van der Waals surface area contributed by atoms with Gasteiger partial charge in [0.2, 0.25) is 0 Å². The molecule has 3 aliphatic rings. The second-order valence-electron chi connectivity index (χ2n) is 8.82. The maximum atomic E-state index is 11.9. The third-order valence-electron chi connectivity index (χ3n) is 5.64. The van der Waals surface area contributed by atoms with Crippen molar-refractivity contribution in [3.8, 4) is 0 Å². The van der Waals surface area contributed by atoms with Crippen molar-refractivity contribution in [2.75, 3.05) is 13.1 Å². The highest BCUT2D eigenvalue weighted by atomic mass is 16.6. The highest BCUT2D eigenvalue weighted by molar-refractivity contribution is 5.67. The number of carbonyl (C=O) groups excluding carboxylic acids is 1. The quantitative estimate of drug-likeness (QED) is 0.782. The fraction of sp³-hybridized carbons (Fsp3) is 0.833. The Bertz CT molecular complexity index is 476. The lowest BCUT2D eigenvalue weighted by molar-refractivity contribution is -0.0199. The van der Waals surface area contributed by atoms with Crippen LogP contribution in [0.5, 0.6) is 0 Å². The van der Waals surface area contributed by atoms with Crippen molar-refractivity contribution < 1.29 is 9.53 Å². The number of allylic oxidation sites excluding steroid dienone is 1. The summed E-state index contributed by atoms with van der Waals surface area (Å²) in [5, 5.41) is 2.91. The molecule has 1 saturated carbocycles. The fourth-order valence-electron chi connectivity index (χ4n) is 3.90. The van der Waals surface area contributed by atoms with Gasteiger partial charge in [0.25, 0.3) is 0 Å². The van der Waals surface area contributed by atoms with E-state index in [4.69, 9.17) is 10.5 Å². The number of nitrogens with one attached hydrogen (secondary N) is 1. The number of carbonyl (C=O) groups is 1. The number of rotatable bonds is 4. The summed E-state index contributed by atoms with van der Waals surface area (Å²) in [5.74, 6) is 1.40. The van der Waals surface area contributed by atoms with Crippen molar-refractivity contribution in [2.45, 2.75) is 60.0 Å². The molecule has 3 aliphatic carbocycles. The van der Waals surface area contributed by atoms with Crippen molar-refractivity contribution in [2.24, 2.45) is 28.4 Å². The molecule has 126 valence electrons. The van der Waals surface area contributed by atoms with Crippen molar-refractivity contribution in [3.63, 3.8) is 0 Å². The standard InChI is InChI=1S/C18H32N2O2/c1-16(2,3)22-15(21)20-11-18(6,10-19)13-8-7-12-9-14(13)17(12,4)5/h8,12,14H,7,9-11,19H2,1-6H3,(H,20,21). The highest BCUT2D eigenvalue weighted by Gasteiger charge is 2.54. The minimum Gasteiger partial charge on any atom is -0.444 e. The first kappa shape index (κ1) is 17.3. The van der Waals surface area contributed by atoms with E-state index in [9.17, 15) is 4.79 Å². The van der Waals surface area contributed by atoms with E-state index in [0.717, 1.165) is 12.3 Å². The number of nitrogens with two attached hydrogens (primary N) is 1. The van der Waals surface area contributed by atoms with E-state index in [1.54, 1.807) is 0 Å². The number of ether oxygens (including phenoxy) is 1. The van der Waals surface area contributed by atoms with Crippen LogP contribution in [0.4, 0.5) is 4.79 Å². The molecule has 0 heterocycles. The van der Waals surface area contributed by atoms with Crippen LogP contribution in [-0.2, 0) is 4.74 Å². The van der Waals surface area contributed by atoms with Gasteiger partial charge in [-0.05, 0) is 50.9 Å². The molecule has 0 aromatic rings. The van der Waals surface area contributed by atoms with Crippen LogP contribution in [0.3, 0.4) is 0 Å². The second kappa shape index (κ2) is 5.55. The molecule has 4 nitrogen and oxygen atoms in total. The summed E-state index contributed by atoms with van der Waals surface area (Å²) < 4.78 is 5.33. The molecule has 1 amide bonds. The second-order valence-corrected chi connectivity index (χ2v) is 8.82. The summed E-state index contributed by atoms with van der Waals surface area (Å²) >= 11 is 0. The molecule has 0 aromatic carbocycles. The average Bonchev–Trinajstić information content (AvgIpc) is 2.42. The van der Waals surface area contributed by atoms with Gasteiger partial charge in [0.1, 0.15) is 5.60 Å². The molecule has 0 aliphatic heterocycles. The van der Waals surface area contributed by atoms with Gasteiger partial charge in [0.15, 0.2) is 0 Å². The summed E-state index contributed by atoms with van der Waals surface area (Å²) in [6.45, 7) is 13.5. The van der Waals surface area contributed by atoms with E-state index in [-0.39, 0.29) is 11.5 Å². The summed E-state index contributed by atoms with van der Waals surface area (Å²) in [6, 6.07) is 0. The minimum absolute atomic E-state index is 0.190. The predicted octanol–water partition coefficient (Wildman–Crippen LogP) is 3.47. The monoisotopic (exact) mass is 308 g/mol. The summed E-state index contributed by atoms with van der Waals surface area (Å²) in [5.41, 5.74) is 7.22. The lowest BCUT2D eigenvalue weighted by Crippen LogP contribution is -2.54. The molecule has 3 N–H and O–H groups in total. The molecule has 0 saturated heterocycles. The Morgan fingerprint density at radius 2 is 2.05 bits per heavy atom. The number of alkyl carbamates (subject to hydrolysis) is 1. The van der Waals surface area contributed by atoms with Crippen molar-refractivity contribution in [3.05, 3.63) is 11.6 Å². The molecular formula is C18H32N2O2. The van der Waals surface area contributed by atoms with E-state index in [2.05, 4.69) is 32.2 Å². The van der Waals surface area contributed by atoms with Gasteiger partial charge in [-0.3, -0.25) is 0 Å².